The first-order chi connectivity index (χ1) is 12.2. The lowest BCUT2D eigenvalue weighted by molar-refractivity contribution is -0.314. The molecule has 1 N–H and O–H groups in total. The van der Waals surface area contributed by atoms with Crippen molar-refractivity contribution in [1.29, 1.82) is 0 Å². The number of allylic oxidation sites excluding steroid dienone is 3. The number of piperidine rings is 1. The van der Waals surface area contributed by atoms with Gasteiger partial charge in [0, 0.05) is 11.1 Å². The first-order valence-electron chi connectivity index (χ1n) is 10.3. The average molecular weight is 366 g/mol. The maximum atomic E-state index is 10.2. The van der Waals surface area contributed by atoms with Crippen molar-refractivity contribution < 1.29 is 14.7 Å². The molecule has 1 aliphatic carbocycles. The van der Waals surface area contributed by atoms with Gasteiger partial charge in [-0.25, -0.2) is 0 Å². The van der Waals surface area contributed by atoms with E-state index in [-0.39, 0.29) is 23.3 Å². The number of nitrogens with zero attached hydrogens (tertiary/aromatic N) is 1. The molecule has 2 unspecified atom stereocenters. The molecule has 0 saturated carbocycles. The standard InChI is InChI=1S/C22H39NO3/c1-7-8-14-20(24)25-19-15-21(3,4)23(22(5,6)16-19)26-17(2)18-12-10-9-11-13-18/h9-10,12,17,19-20,24H,7-8,11,13-16H2,1-6H3. The summed E-state index contributed by atoms with van der Waals surface area (Å²) in [6.07, 6.45) is 12.7. The fourth-order valence-electron chi connectivity index (χ4n) is 4.41. The third kappa shape index (κ3) is 5.66. The summed E-state index contributed by atoms with van der Waals surface area (Å²) < 4.78 is 5.99. The van der Waals surface area contributed by atoms with Crippen molar-refractivity contribution in [3.63, 3.8) is 0 Å². The highest BCUT2D eigenvalue weighted by atomic mass is 16.7. The molecule has 4 nitrogen and oxygen atoms in total. The summed E-state index contributed by atoms with van der Waals surface area (Å²) in [6, 6.07) is 0. The van der Waals surface area contributed by atoms with Crippen LogP contribution in [-0.4, -0.2) is 39.7 Å². The highest BCUT2D eigenvalue weighted by Crippen LogP contribution is 2.41. The van der Waals surface area contributed by atoms with Gasteiger partial charge in [-0.15, -0.1) is 0 Å². The number of unbranched alkanes of at least 4 members (excludes halogenated alkanes) is 1. The zero-order chi connectivity index (χ0) is 19.4. The molecule has 1 fully saturated rings. The van der Waals surface area contributed by atoms with Gasteiger partial charge >= 0.3 is 0 Å². The zero-order valence-corrected chi connectivity index (χ0v) is 17.6. The van der Waals surface area contributed by atoms with E-state index in [1.165, 1.54) is 5.57 Å². The number of hydrogen-bond donors (Lipinski definition) is 1. The lowest BCUT2D eigenvalue weighted by atomic mass is 9.80. The van der Waals surface area contributed by atoms with E-state index in [0.29, 0.717) is 6.42 Å². The SMILES string of the molecule is CCCCC(O)OC1CC(C)(C)N(OC(C)C2=CC=CCC2)C(C)(C)C1. The van der Waals surface area contributed by atoms with E-state index in [1.807, 2.05) is 0 Å². The molecule has 2 aliphatic rings. The number of rotatable bonds is 8. The molecular formula is C22H39NO3. The van der Waals surface area contributed by atoms with Gasteiger partial charge in [-0.05, 0) is 78.7 Å². The molecule has 1 heterocycles. The van der Waals surface area contributed by atoms with Crippen molar-refractivity contribution in [2.45, 2.75) is 116 Å². The van der Waals surface area contributed by atoms with Gasteiger partial charge in [0.2, 0.25) is 0 Å². The van der Waals surface area contributed by atoms with Gasteiger partial charge in [0.1, 0.15) is 0 Å². The Kier molecular flexibility index (Phi) is 7.49. The molecule has 2 atom stereocenters. The molecule has 0 aromatic carbocycles. The van der Waals surface area contributed by atoms with Crippen LogP contribution >= 0.6 is 0 Å². The molecular weight excluding hydrogens is 326 g/mol. The monoisotopic (exact) mass is 365 g/mol. The van der Waals surface area contributed by atoms with Crippen LogP contribution in [-0.2, 0) is 9.57 Å². The van der Waals surface area contributed by atoms with Gasteiger partial charge in [0.05, 0.1) is 12.2 Å². The van der Waals surface area contributed by atoms with Gasteiger partial charge in [-0.2, -0.15) is 5.06 Å². The van der Waals surface area contributed by atoms with E-state index < -0.39 is 6.29 Å². The Morgan fingerprint density at radius 3 is 2.42 bits per heavy atom. The van der Waals surface area contributed by atoms with Crippen molar-refractivity contribution in [3.8, 4) is 0 Å². The second-order valence-corrected chi connectivity index (χ2v) is 9.14. The van der Waals surface area contributed by atoms with Crippen LogP contribution in [0.15, 0.2) is 23.8 Å². The topological polar surface area (TPSA) is 41.9 Å². The normalized spacial score (nSPS) is 25.7. The minimum Gasteiger partial charge on any atom is -0.368 e. The van der Waals surface area contributed by atoms with Crippen molar-refractivity contribution in [1.82, 2.24) is 5.06 Å². The molecule has 2 rings (SSSR count). The molecule has 0 spiro atoms. The summed E-state index contributed by atoms with van der Waals surface area (Å²) in [5, 5.41) is 12.4. The first kappa shape index (κ1) is 21.6. The lowest BCUT2D eigenvalue weighted by Gasteiger charge is -2.54. The summed E-state index contributed by atoms with van der Waals surface area (Å²) >= 11 is 0. The fourth-order valence-corrected chi connectivity index (χ4v) is 4.41. The van der Waals surface area contributed by atoms with Gasteiger partial charge < -0.3 is 9.84 Å². The van der Waals surface area contributed by atoms with E-state index in [2.05, 4.69) is 64.8 Å². The number of aliphatic hydroxyl groups excluding tert-OH is 1. The molecule has 0 aromatic heterocycles. The van der Waals surface area contributed by atoms with E-state index in [1.54, 1.807) is 0 Å². The van der Waals surface area contributed by atoms with E-state index in [9.17, 15) is 5.11 Å². The van der Waals surface area contributed by atoms with Gasteiger partial charge in [-0.1, -0.05) is 31.6 Å². The van der Waals surface area contributed by atoms with Gasteiger partial charge in [-0.3, -0.25) is 4.84 Å². The molecule has 0 bridgehead atoms. The lowest BCUT2D eigenvalue weighted by Crippen LogP contribution is -2.62. The summed E-state index contributed by atoms with van der Waals surface area (Å²) in [5.74, 6) is 0. The molecule has 26 heavy (non-hydrogen) atoms. The Hall–Kier alpha value is -0.680. The van der Waals surface area contributed by atoms with Crippen LogP contribution in [0, 0.1) is 0 Å². The first-order valence-corrected chi connectivity index (χ1v) is 10.3. The summed E-state index contributed by atoms with van der Waals surface area (Å²) in [7, 11) is 0. The van der Waals surface area contributed by atoms with Crippen LogP contribution < -0.4 is 0 Å². The van der Waals surface area contributed by atoms with Crippen LogP contribution in [0.25, 0.3) is 0 Å². The number of aliphatic hydroxyl groups is 1. The largest absolute Gasteiger partial charge is 0.368 e. The van der Waals surface area contributed by atoms with Crippen molar-refractivity contribution in [2.24, 2.45) is 0 Å². The van der Waals surface area contributed by atoms with E-state index in [0.717, 1.165) is 38.5 Å². The maximum Gasteiger partial charge on any atom is 0.154 e. The number of hydrogen-bond acceptors (Lipinski definition) is 4. The highest BCUT2D eigenvalue weighted by Gasteiger charge is 2.48. The van der Waals surface area contributed by atoms with Crippen LogP contribution in [0.3, 0.4) is 0 Å². The number of ether oxygens (including phenoxy) is 1. The van der Waals surface area contributed by atoms with Crippen LogP contribution in [0.4, 0.5) is 0 Å². The van der Waals surface area contributed by atoms with E-state index >= 15 is 0 Å². The predicted octanol–water partition coefficient (Wildman–Crippen LogP) is 5.13. The summed E-state index contributed by atoms with van der Waals surface area (Å²) in [5.41, 5.74) is 1.04. The molecule has 4 heteroatoms. The maximum absolute atomic E-state index is 10.2. The molecule has 1 aliphatic heterocycles. The Morgan fingerprint density at radius 2 is 1.88 bits per heavy atom. The third-order valence-corrected chi connectivity index (χ3v) is 5.54. The Bertz CT molecular complexity index is 492. The molecule has 1 saturated heterocycles. The van der Waals surface area contributed by atoms with Gasteiger partial charge in [0.15, 0.2) is 6.29 Å². The predicted molar refractivity (Wildman–Crippen MR) is 107 cm³/mol. The second kappa shape index (κ2) is 9.01. The highest BCUT2D eigenvalue weighted by molar-refractivity contribution is 5.20. The summed E-state index contributed by atoms with van der Waals surface area (Å²) in [4.78, 5) is 6.49. The third-order valence-electron chi connectivity index (χ3n) is 5.54. The Morgan fingerprint density at radius 1 is 1.23 bits per heavy atom. The molecule has 0 radical (unpaired) electrons. The van der Waals surface area contributed by atoms with Crippen LogP contribution in [0.5, 0.6) is 0 Å². The smallest absolute Gasteiger partial charge is 0.154 e. The quantitative estimate of drug-likeness (QED) is 0.606. The van der Waals surface area contributed by atoms with Crippen LogP contribution in [0.1, 0.15) is 86.5 Å². The Balaban J connectivity index is 2.02. The minimum atomic E-state index is -0.655. The van der Waals surface area contributed by atoms with E-state index in [4.69, 9.17) is 9.57 Å². The van der Waals surface area contributed by atoms with Crippen molar-refractivity contribution in [2.75, 3.05) is 0 Å². The number of hydroxylamine groups is 2. The van der Waals surface area contributed by atoms with Crippen LogP contribution in [0.2, 0.25) is 0 Å². The summed E-state index contributed by atoms with van der Waals surface area (Å²) in [6.45, 7) is 13.1. The molecule has 150 valence electrons. The minimum absolute atomic E-state index is 0.0545. The fraction of sp³-hybridized carbons (Fsp3) is 0.818. The van der Waals surface area contributed by atoms with Crippen molar-refractivity contribution in [3.05, 3.63) is 23.8 Å². The van der Waals surface area contributed by atoms with Crippen molar-refractivity contribution >= 4 is 0 Å². The molecule has 0 amide bonds. The average Bonchev–Trinajstić information content (AvgIpc) is 2.56. The molecule has 0 aromatic rings. The second-order valence-electron chi connectivity index (χ2n) is 9.14. The van der Waals surface area contributed by atoms with Gasteiger partial charge in [0.25, 0.3) is 0 Å². The Labute approximate surface area is 160 Å². The zero-order valence-electron chi connectivity index (χ0n) is 17.6.